The van der Waals surface area contributed by atoms with Crippen molar-refractivity contribution < 1.29 is 9.34 Å². The molecule has 0 aliphatic carbocycles. The number of azo groups is 1. The van der Waals surface area contributed by atoms with Crippen LogP contribution in [0.5, 0.6) is 0 Å². The van der Waals surface area contributed by atoms with Crippen LogP contribution in [0, 0.1) is 17.0 Å². The maximum Gasteiger partial charge on any atom is 0.269 e. The number of nitrogens with two attached hydrogens (primary N) is 1. The molecule has 0 radical (unpaired) electrons. The van der Waals surface area contributed by atoms with Crippen LogP contribution in [-0.4, -0.2) is 19.5 Å². The van der Waals surface area contributed by atoms with Gasteiger partial charge in [0.15, 0.2) is 22.9 Å². The maximum atomic E-state index is 10.9. The van der Waals surface area contributed by atoms with E-state index < -0.39 is 4.92 Å². The van der Waals surface area contributed by atoms with Gasteiger partial charge < -0.3 is 10.2 Å². The summed E-state index contributed by atoms with van der Waals surface area (Å²) in [6, 6.07) is 19.2. The second kappa shape index (κ2) is 8.00. The number of aryl methyl sites for hydroxylation is 1. The molecule has 0 atom stereocenters. The van der Waals surface area contributed by atoms with Crippen molar-refractivity contribution in [2.75, 3.05) is 5.73 Å². The van der Waals surface area contributed by atoms with Crippen LogP contribution in [0.25, 0.3) is 28.4 Å². The number of non-ortho nitro benzene ring substituents is 1. The van der Waals surface area contributed by atoms with E-state index in [-0.39, 0.29) is 17.2 Å². The summed E-state index contributed by atoms with van der Waals surface area (Å²) in [5.41, 5.74) is 10.7. The highest BCUT2D eigenvalue weighted by atomic mass is 16.6. The number of aromatic nitrogens is 3. The van der Waals surface area contributed by atoms with Gasteiger partial charge in [-0.25, -0.2) is 9.50 Å². The fourth-order valence-electron chi connectivity index (χ4n) is 3.34. The smallest absolute Gasteiger partial charge is 0.269 e. The number of nitro benzene ring substituents is 1. The normalized spacial score (nSPS) is 11.4. The minimum Gasteiger partial charge on any atom is -0.463 e. The van der Waals surface area contributed by atoms with Crippen molar-refractivity contribution in [2.45, 2.75) is 6.92 Å². The Kier molecular flexibility index (Phi) is 4.87. The van der Waals surface area contributed by atoms with E-state index in [1.807, 2.05) is 43.3 Å². The lowest BCUT2D eigenvalue weighted by molar-refractivity contribution is -0.384. The molecular weight excluding hydrogens is 422 g/mol. The monoisotopic (exact) mass is 439 g/mol. The van der Waals surface area contributed by atoms with Crippen LogP contribution in [-0.2, 0) is 0 Å². The van der Waals surface area contributed by atoms with Gasteiger partial charge in [0.05, 0.1) is 22.6 Å². The number of nitrogens with zero attached hydrogens (tertiary/aromatic N) is 6. The first kappa shape index (κ1) is 20.1. The predicted octanol–water partition coefficient (Wildman–Crippen LogP) is 5.87. The van der Waals surface area contributed by atoms with Gasteiger partial charge in [0.1, 0.15) is 5.69 Å². The first-order chi connectivity index (χ1) is 16.0. The zero-order valence-electron chi connectivity index (χ0n) is 17.4. The van der Waals surface area contributed by atoms with E-state index in [4.69, 9.17) is 15.1 Å². The molecule has 2 aromatic carbocycles. The van der Waals surface area contributed by atoms with Crippen molar-refractivity contribution in [3.05, 3.63) is 88.7 Å². The summed E-state index contributed by atoms with van der Waals surface area (Å²) < 4.78 is 7.17. The molecule has 3 aromatic heterocycles. The summed E-state index contributed by atoms with van der Waals surface area (Å²) in [6.07, 6.45) is 1.58. The van der Waals surface area contributed by atoms with Crippen LogP contribution in [0.4, 0.5) is 22.9 Å². The highest BCUT2D eigenvalue weighted by Crippen LogP contribution is 2.34. The summed E-state index contributed by atoms with van der Waals surface area (Å²) in [5, 5.41) is 23.7. The van der Waals surface area contributed by atoms with Crippen LogP contribution in [0.2, 0.25) is 0 Å². The molecule has 0 unspecified atom stereocenters. The van der Waals surface area contributed by atoms with E-state index in [0.717, 1.165) is 11.1 Å². The lowest BCUT2D eigenvalue weighted by atomic mass is 10.1. The van der Waals surface area contributed by atoms with Gasteiger partial charge >= 0.3 is 0 Å². The van der Waals surface area contributed by atoms with E-state index in [0.29, 0.717) is 28.5 Å². The lowest BCUT2D eigenvalue weighted by Crippen LogP contribution is -1.98. The Morgan fingerprint density at radius 3 is 2.48 bits per heavy atom. The average molecular weight is 439 g/mol. The molecule has 0 fully saturated rings. The first-order valence-electron chi connectivity index (χ1n) is 9.96. The van der Waals surface area contributed by atoms with Gasteiger partial charge in [-0.15, -0.1) is 10.2 Å². The topological polar surface area (TPSA) is 137 Å². The minimum absolute atomic E-state index is 0.0306. The zero-order valence-corrected chi connectivity index (χ0v) is 17.4. The summed E-state index contributed by atoms with van der Waals surface area (Å²) in [4.78, 5) is 15.1. The van der Waals surface area contributed by atoms with Gasteiger partial charge in [-0.3, -0.25) is 10.1 Å². The second-order valence-corrected chi connectivity index (χ2v) is 7.31. The summed E-state index contributed by atoms with van der Waals surface area (Å²) >= 11 is 0. The predicted molar refractivity (Wildman–Crippen MR) is 123 cm³/mol. The molecule has 0 saturated carbocycles. The van der Waals surface area contributed by atoms with Gasteiger partial charge in [0.25, 0.3) is 5.69 Å². The minimum atomic E-state index is -0.475. The quantitative estimate of drug-likeness (QED) is 0.206. The largest absolute Gasteiger partial charge is 0.463 e. The van der Waals surface area contributed by atoms with Crippen molar-refractivity contribution in [1.29, 1.82) is 0 Å². The van der Waals surface area contributed by atoms with E-state index >= 15 is 0 Å². The van der Waals surface area contributed by atoms with Crippen molar-refractivity contribution in [2.24, 2.45) is 10.2 Å². The Morgan fingerprint density at radius 2 is 1.82 bits per heavy atom. The number of furan rings is 1. The Morgan fingerprint density at radius 1 is 1.06 bits per heavy atom. The molecule has 10 heteroatoms. The van der Waals surface area contributed by atoms with Gasteiger partial charge in [0.2, 0.25) is 0 Å². The number of hydrogen-bond donors (Lipinski definition) is 1. The number of fused-ring (bicyclic) bond motifs is 1. The Bertz CT molecular complexity index is 1490. The Balaban J connectivity index is 1.65. The van der Waals surface area contributed by atoms with Gasteiger partial charge in [-0.1, -0.05) is 29.8 Å². The third-order valence-corrected chi connectivity index (χ3v) is 5.04. The fourth-order valence-corrected chi connectivity index (χ4v) is 3.34. The van der Waals surface area contributed by atoms with Crippen LogP contribution in [0.3, 0.4) is 0 Å². The number of hydrogen-bond acceptors (Lipinski definition) is 8. The molecule has 0 aliphatic rings. The molecule has 5 rings (SSSR count). The second-order valence-electron chi connectivity index (χ2n) is 7.31. The molecule has 0 bridgehead atoms. The van der Waals surface area contributed by atoms with Gasteiger partial charge in [-0.05, 0) is 37.3 Å². The van der Waals surface area contributed by atoms with E-state index in [1.54, 1.807) is 16.8 Å². The molecular formula is C23H17N7O3. The van der Waals surface area contributed by atoms with Crippen LogP contribution in [0.15, 0.2) is 87.6 Å². The number of anilines is 1. The lowest BCUT2D eigenvalue weighted by Gasteiger charge is -2.07. The SMILES string of the molecule is Cc1ccc(-c2cc(-c3ccco3)n3nc(N)c(N=Nc4ccc([N+](=O)[O-])cc4)c3n2)cc1. The standard InChI is InChI=1S/C23H17N7O3/c1-14-4-6-15(7-5-14)18-13-19(20-3-2-12-33-20)29-23(25-18)21(22(24)28-29)27-26-16-8-10-17(11-9-16)30(31)32/h2-13H,1H3,(H2,24,28). The average Bonchev–Trinajstić information content (AvgIpc) is 3.45. The number of benzene rings is 2. The third kappa shape index (κ3) is 3.81. The van der Waals surface area contributed by atoms with Gasteiger partial charge in [0, 0.05) is 17.7 Å². The molecule has 0 amide bonds. The fraction of sp³-hybridized carbons (Fsp3) is 0.0435. The van der Waals surface area contributed by atoms with Crippen molar-refractivity contribution in [3.63, 3.8) is 0 Å². The van der Waals surface area contributed by atoms with E-state index in [1.165, 1.54) is 24.3 Å². The summed E-state index contributed by atoms with van der Waals surface area (Å²) in [7, 11) is 0. The maximum absolute atomic E-state index is 10.9. The Hall–Kier alpha value is -4.86. The molecule has 10 nitrogen and oxygen atoms in total. The molecule has 33 heavy (non-hydrogen) atoms. The van der Waals surface area contributed by atoms with Crippen molar-refractivity contribution in [1.82, 2.24) is 14.6 Å². The highest BCUT2D eigenvalue weighted by molar-refractivity contribution is 5.80. The van der Waals surface area contributed by atoms with Crippen LogP contribution < -0.4 is 5.73 Å². The van der Waals surface area contributed by atoms with E-state index in [9.17, 15) is 10.1 Å². The number of nitro groups is 1. The molecule has 162 valence electrons. The first-order valence-corrected chi connectivity index (χ1v) is 9.96. The third-order valence-electron chi connectivity index (χ3n) is 5.04. The molecule has 0 saturated heterocycles. The molecule has 3 heterocycles. The molecule has 5 aromatic rings. The molecule has 0 aliphatic heterocycles. The van der Waals surface area contributed by atoms with E-state index in [2.05, 4.69) is 15.3 Å². The molecule has 2 N–H and O–H groups in total. The zero-order chi connectivity index (χ0) is 22.9. The number of nitrogen functional groups attached to an aromatic ring is 1. The highest BCUT2D eigenvalue weighted by Gasteiger charge is 2.19. The Labute approximate surface area is 187 Å². The summed E-state index contributed by atoms with van der Waals surface area (Å²) in [5.74, 6) is 0.735. The van der Waals surface area contributed by atoms with Gasteiger partial charge in [-0.2, -0.15) is 5.11 Å². The number of rotatable bonds is 5. The van der Waals surface area contributed by atoms with Crippen LogP contribution >= 0.6 is 0 Å². The molecule has 0 spiro atoms. The van der Waals surface area contributed by atoms with Crippen molar-refractivity contribution in [3.8, 4) is 22.7 Å². The van der Waals surface area contributed by atoms with Crippen LogP contribution in [0.1, 0.15) is 5.56 Å². The summed E-state index contributed by atoms with van der Waals surface area (Å²) in [6.45, 7) is 2.02. The van der Waals surface area contributed by atoms with Crippen molar-refractivity contribution >= 4 is 28.5 Å².